The molecular formula is C12H16N4O3. The Kier molecular flexibility index (Phi) is 3.37. The van der Waals surface area contributed by atoms with Crippen LogP contribution in [0.2, 0.25) is 0 Å². The van der Waals surface area contributed by atoms with E-state index in [9.17, 15) is 9.59 Å². The maximum absolute atomic E-state index is 11.1. The molecule has 0 unspecified atom stereocenters. The summed E-state index contributed by atoms with van der Waals surface area (Å²) in [7, 11) is 0. The molecule has 102 valence electrons. The molecule has 0 bridgehead atoms. The average Bonchev–Trinajstić information content (AvgIpc) is 2.39. The van der Waals surface area contributed by atoms with Crippen molar-refractivity contribution < 1.29 is 14.7 Å². The minimum Gasteiger partial charge on any atom is -0.481 e. The number of amides is 1. The summed E-state index contributed by atoms with van der Waals surface area (Å²) in [6, 6.07) is 3.20. The van der Waals surface area contributed by atoms with Gasteiger partial charge in [0, 0.05) is 13.1 Å². The second kappa shape index (κ2) is 4.83. The van der Waals surface area contributed by atoms with E-state index >= 15 is 0 Å². The Bertz CT molecular complexity index is 492. The fourth-order valence-corrected chi connectivity index (χ4v) is 2.07. The van der Waals surface area contributed by atoms with Crippen LogP contribution in [0.3, 0.4) is 0 Å². The number of rotatable bonds is 3. The normalized spacial score (nSPS) is 18.1. The van der Waals surface area contributed by atoms with Crippen LogP contribution in [0.1, 0.15) is 30.3 Å². The third-order valence-electron chi connectivity index (χ3n) is 3.61. The van der Waals surface area contributed by atoms with E-state index in [4.69, 9.17) is 10.8 Å². The van der Waals surface area contributed by atoms with Gasteiger partial charge in [0.2, 0.25) is 0 Å². The van der Waals surface area contributed by atoms with E-state index in [1.54, 1.807) is 13.0 Å². The first-order chi connectivity index (χ1) is 8.92. The van der Waals surface area contributed by atoms with Crippen LogP contribution >= 0.6 is 0 Å². The molecule has 2 rings (SSSR count). The summed E-state index contributed by atoms with van der Waals surface area (Å²) in [5.74, 6) is -0.740. The summed E-state index contributed by atoms with van der Waals surface area (Å²) in [6.07, 6.45) is 1.11. The number of nitrogens with two attached hydrogens (primary N) is 1. The molecule has 7 nitrogen and oxygen atoms in total. The van der Waals surface area contributed by atoms with Gasteiger partial charge >= 0.3 is 5.97 Å². The zero-order valence-electron chi connectivity index (χ0n) is 10.7. The van der Waals surface area contributed by atoms with Gasteiger partial charge in [-0.2, -0.15) is 0 Å². The van der Waals surface area contributed by atoms with Gasteiger partial charge < -0.3 is 15.7 Å². The lowest BCUT2D eigenvalue weighted by Crippen LogP contribution is -2.43. The number of hydrogen-bond acceptors (Lipinski definition) is 5. The van der Waals surface area contributed by atoms with Crippen molar-refractivity contribution in [3.05, 3.63) is 17.8 Å². The van der Waals surface area contributed by atoms with Crippen LogP contribution in [-0.4, -0.2) is 40.3 Å². The molecule has 0 atom stereocenters. The van der Waals surface area contributed by atoms with Gasteiger partial charge in [0.1, 0.15) is 0 Å². The average molecular weight is 264 g/mol. The fraction of sp³-hybridized carbons (Fsp3) is 0.500. The summed E-state index contributed by atoms with van der Waals surface area (Å²) < 4.78 is 0. The molecule has 7 heteroatoms. The minimum atomic E-state index is -0.762. The Morgan fingerprint density at radius 2 is 1.95 bits per heavy atom. The summed E-state index contributed by atoms with van der Waals surface area (Å²) in [4.78, 5) is 24.0. The molecule has 1 amide bonds. The van der Waals surface area contributed by atoms with E-state index in [1.165, 1.54) is 6.07 Å². The molecule has 0 aliphatic carbocycles. The summed E-state index contributed by atoms with van der Waals surface area (Å²) >= 11 is 0. The Hall–Kier alpha value is -2.18. The Morgan fingerprint density at radius 1 is 1.32 bits per heavy atom. The zero-order valence-corrected chi connectivity index (χ0v) is 10.7. The monoisotopic (exact) mass is 264 g/mol. The van der Waals surface area contributed by atoms with Crippen molar-refractivity contribution in [3.8, 4) is 0 Å². The van der Waals surface area contributed by atoms with Gasteiger partial charge in [0.05, 0.1) is 5.41 Å². The molecule has 0 radical (unpaired) electrons. The molecule has 2 heterocycles. The molecule has 1 aliphatic rings. The summed E-state index contributed by atoms with van der Waals surface area (Å²) in [6.45, 7) is 2.97. The number of aromatic nitrogens is 2. The van der Waals surface area contributed by atoms with Crippen molar-refractivity contribution in [3.63, 3.8) is 0 Å². The predicted molar refractivity (Wildman–Crippen MR) is 67.7 cm³/mol. The maximum atomic E-state index is 11.1. The lowest BCUT2D eigenvalue weighted by Gasteiger charge is -2.36. The van der Waals surface area contributed by atoms with Crippen molar-refractivity contribution >= 4 is 17.7 Å². The van der Waals surface area contributed by atoms with Crippen molar-refractivity contribution in [2.45, 2.75) is 19.8 Å². The highest BCUT2D eigenvalue weighted by Crippen LogP contribution is 2.32. The van der Waals surface area contributed by atoms with E-state index in [0.717, 1.165) is 0 Å². The Labute approximate surface area is 110 Å². The van der Waals surface area contributed by atoms with Crippen LogP contribution < -0.4 is 10.6 Å². The predicted octanol–water partition coefficient (Wildman–Crippen LogP) is 0.267. The van der Waals surface area contributed by atoms with E-state index < -0.39 is 17.3 Å². The number of carbonyl (C=O) groups excluding carboxylic acids is 1. The molecule has 1 fully saturated rings. The first-order valence-corrected chi connectivity index (χ1v) is 6.04. The molecule has 0 saturated carbocycles. The Balaban J connectivity index is 2.05. The first-order valence-electron chi connectivity index (χ1n) is 6.04. The van der Waals surface area contributed by atoms with Gasteiger partial charge in [0.15, 0.2) is 11.5 Å². The minimum absolute atomic E-state index is 0.121. The largest absolute Gasteiger partial charge is 0.481 e. The maximum Gasteiger partial charge on any atom is 0.309 e. The second-order valence-corrected chi connectivity index (χ2v) is 4.99. The molecule has 1 saturated heterocycles. The summed E-state index contributed by atoms with van der Waals surface area (Å²) in [5.41, 5.74) is 4.54. The van der Waals surface area contributed by atoms with Gasteiger partial charge in [-0.25, -0.2) is 0 Å². The lowest BCUT2D eigenvalue weighted by atomic mass is 9.80. The molecule has 0 spiro atoms. The third kappa shape index (κ3) is 2.64. The van der Waals surface area contributed by atoms with Crippen LogP contribution in [0.25, 0.3) is 0 Å². The zero-order chi connectivity index (χ0) is 14.0. The van der Waals surface area contributed by atoms with Gasteiger partial charge in [0.25, 0.3) is 5.91 Å². The van der Waals surface area contributed by atoms with Gasteiger partial charge in [-0.15, -0.1) is 10.2 Å². The first kappa shape index (κ1) is 13.3. The number of carboxylic acids is 1. The molecule has 1 aromatic heterocycles. The van der Waals surface area contributed by atoms with Crippen molar-refractivity contribution in [1.29, 1.82) is 0 Å². The number of carbonyl (C=O) groups is 2. The molecule has 3 N–H and O–H groups in total. The molecule has 1 aromatic rings. The van der Waals surface area contributed by atoms with Crippen molar-refractivity contribution in [1.82, 2.24) is 10.2 Å². The van der Waals surface area contributed by atoms with Crippen LogP contribution in [0.5, 0.6) is 0 Å². The Morgan fingerprint density at radius 3 is 2.37 bits per heavy atom. The van der Waals surface area contributed by atoms with E-state index in [0.29, 0.717) is 31.7 Å². The topological polar surface area (TPSA) is 109 Å². The van der Waals surface area contributed by atoms with Crippen molar-refractivity contribution in [2.75, 3.05) is 18.0 Å². The third-order valence-corrected chi connectivity index (χ3v) is 3.61. The highest BCUT2D eigenvalue weighted by molar-refractivity contribution is 5.90. The van der Waals surface area contributed by atoms with Crippen molar-refractivity contribution in [2.24, 2.45) is 11.1 Å². The smallest absolute Gasteiger partial charge is 0.309 e. The number of aliphatic carboxylic acids is 1. The van der Waals surface area contributed by atoms with Gasteiger partial charge in [-0.3, -0.25) is 9.59 Å². The lowest BCUT2D eigenvalue weighted by molar-refractivity contribution is -0.149. The highest BCUT2D eigenvalue weighted by Gasteiger charge is 2.37. The number of primary amides is 1. The number of piperidine rings is 1. The van der Waals surface area contributed by atoms with Gasteiger partial charge in [-0.1, -0.05) is 0 Å². The summed E-state index contributed by atoms with van der Waals surface area (Å²) in [5, 5.41) is 16.8. The number of nitrogens with zero attached hydrogens (tertiary/aromatic N) is 3. The van der Waals surface area contributed by atoms with E-state index in [1.807, 2.05) is 4.90 Å². The number of hydrogen-bond donors (Lipinski definition) is 2. The van der Waals surface area contributed by atoms with Crippen LogP contribution in [0.4, 0.5) is 5.82 Å². The fourth-order valence-electron chi connectivity index (χ4n) is 2.07. The molecular weight excluding hydrogens is 248 g/mol. The highest BCUT2D eigenvalue weighted by atomic mass is 16.4. The van der Waals surface area contributed by atoms with Crippen LogP contribution in [0, 0.1) is 5.41 Å². The van der Waals surface area contributed by atoms with Crippen LogP contribution in [0.15, 0.2) is 12.1 Å². The standard InChI is InChI=1S/C12H16N4O3/c1-12(11(18)19)4-6-16(7-5-12)9-3-2-8(10(13)17)14-15-9/h2-3H,4-7H2,1H3,(H2,13,17)(H,18,19). The van der Waals surface area contributed by atoms with E-state index in [2.05, 4.69) is 10.2 Å². The molecule has 19 heavy (non-hydrogen) atoms. The SMILES string of the molecule is CC1(C(=O)O)CCN(c2ccc(C(N)=O)nn2)CC1. The quantitative estimate of drug-likeness (QED) is 0.810. The number of carboxylic acid groups (broad SMARTS) is 1. The van der Waals surface area contributed by atoms with E-state index in [-0.39, 0.29) is 5.69 Å². The number of anilines is 1. The van der Waals surface area contributed by atoms with Crippen LogP contribution in [-0.2, 0) is 4.79 Å². The van der Waals surface area contributed by atoms with Gasteiger partial charge in [-0.05, 0) is 31.9 Å². The second-order valence-electron chi connectivity index (χ2n) is 4.99. The molecule has 0 aromatic carbocycles. The molecule has 1 aliphatic heterocycles.